The van der Waals surface area contributed by atoms with Gasteiger partial charge in [-0.3, -0.25) is 14.5 Å². The number of ether oxygens (including phenoxy) is 3. The molecule has 1 fully saturated rings. The number of methoxy groups -OCH3 is 1. The van der Waals surface area contributed by atoms with E-state index in [1.54, 1.807) is 25.1 Å². The maximum Gasteiger partial charge on any atom is 0.344 e. The Bertz CT molecular complexity index is 1070. The molecular weight excluding hydrogens is 461 g/mol. The predicted octanol–water partition coefficient (Wildman–Crippen LogP) is 4.67. The van der Waals surface area contributed by atoms with Gasteiger partial charge in [-0.05, 0) is 54.6 Å². The standard InChI is InChI=1S/C22H19ClFNO6S/c1-3-30-20(26)12-31-18-9-13(7-8-17(18)29-2)10-19-21(27)25(22(28)32-19)11-14-15(23)5-4-6-16(14)24/h4-10H,3,11-12H2,1-2H3/b19-10-. The predicted molar refractivity (Wildman–Crippen MR) is 118 cm³/mol. The molecule has 1 aliphatic heterocycles. The third-order valence-electron chi connectivity index (χ3n) is 4.39. The molecule has 0 unspecified atom stereocenters. The molecule has 2 aromatic carbocycles. The highest BCUT2D eigenvalue weighted by atomic mass is 35.5. The fraction of sp³-hybridized carbons (Fsp3) is 0.227. The zero-order chi connectivity index (χ0) is 23.3. The molecule has 0 bridgehead atoms. The summed E-state index contributed by atoms with van der Waals surface area (Å²) in [6, 6.07) is 8.99. The van der Waals surface area contributed by atoms with Crippen molar-refractivity contribution in [3.05, 3.63) is 63.3 Å². The van der Waals surface area contributed by atoms with E-state index in [0.717, 1.165) is 16.7 Å². The van der Waals surface area contributed by atoms with E-state index in [-0.39, 0.29) is 41.0 Å². The van der Waals surface area contributed by atoms with Crippen LogP contribution in [0, 0.1) is 5.82 Å². The molecule has 7 nitrogen and oxygen atoms in total. The van der Waals surface area contributed by atoms with Crippen LogP contribution in [-0.4, -0.2) is 42.3 Å². The van der Waals surface area contributed by atoms with Crippen molar-refractivity contribution in [1.82, 2.24) is 4.90 Å². The van der Waals surface area contributed by atoms with Gasteiger partial charge in [-0.25, -0.2) is 9.18 Å². The highest BCUT2D eigenvalue weighted by Crippen LogP contribution is 2.36. The van der Waals surface area contributed by atoms with Gasteiger partial charge in [-0.15, -0.1) is 0 Å². The molecule has 0 radical (unpaired) electrons. The topological polar surface area (TPSA) is 82.1 Å². The van der Waals surface area contributed by atoms with E-state index in [4.69, 9.17) is 25.8 Å². The molecule has 0 atom stereocenters. The van der Waals surface area contributed by atoms with Gasteiger partial charge in [0, 0.05) is 10.6 Å². The first-order valence-corrected chi connectivity index (χ1v) is 10.7. The lowest BCUT2D eigenvalue weighted by Crippen LogP contribution is -2.28. The number of carbonyl (C=O) groups excluding carboxylic acids is 3. The summed E-state index contributed by atoms with van der Waals surface area (Å²) in [4.78, 5) is 37.8. The number of halogens is 2. The molecule has 0 aromatic heterocycles. The van der Waals surface area contributed by atoms with E-state index in [0.29, 0.717) is 11.3 Å². The minimum atomic E-state index is -0.598. The number of thioether (sulfide) groups is 1. The minimum Gasteiger partial charge on any atom is -0.493 e. The van der Waals surface area contributed by atoms with Crippen molar-refractivity contribution >= 4 is 46.6 Å². The summed E-state index contributed by atoms with van der Waals surface area (Å²) < 4.78 is 29.6. The number of esters is 1. The highest BCUT2D eigenvalue weighted by molar-refractivity contribution is 8.18. The van der Waals surface area contributed by atoms with Crippen LogP contribution in [0.4, 0.5) is 9.18 Å². The molecule has 2 amide bonds. The second-order valence-corrected chi connectivity index (χ2v) is 7.87. The Balaban J connectivity index is 1.80. The first-order chi connectivity index (χ1) is 15.3. The monoisotopic (exact) mass is 479 g/mol. The van der Waals surface area contributed by atoms with Crippen molar-refractivity contribution in [2.24, 2.45) is 0 Å². The number of imide groups is 1. The van der Waals surface area contributed by atoms with Crippen LogP contribution in [0.3, 0.4) is 0 Å². The third kappa shape index (κ3) is 5.41. The smallest absolute Gasteiger partial charge is 0.344 e. The van der Waals surface area contributed by atoms with Crippen LogP contribution in [0.25, 0.3) is 6.08 Å². The molecule has 2 aromatic rings. The molecule has 32 heavy (non-hydrogen) atoms. The fourth-order valence-electron chi connectivity index (χ4n) is 2.86. The van der Waals surface area contributed by atoms with Gasteiger partial charge in [0.2, 0.25) is 0 Å². The van der Waals surface area contributed by atoms with Gasteiger partial charge >= 0.3 is 5.97 Å². The maximum atomic E-state index is 14.1. The number of hydrogen-bond donors (Lipinski definition) is 0. The van der Waals surface area contributed by atoms with Crippen LogP contribution in [0.2, 0.25) is 5.02 Å². The molecule has 1 saturated heterocycles. The lowest BCUT2D eigenvalue weighted by Gasteiger charge is -2.14. The fourth-order valence-corrected chi connectivity index (χ4v) is 3.93. The second kappa shape index (κ2) is 10.5. The third-order valence-corrected chi connectivity index (χ3v) is 5.65. The Morgan fingerprint density at radius 2 is 2.00 bits per heavy atom. The molecular formula is C22H19ClFNO6S. The molecule has 1 heterocycles. The summed E-state index contributed by atoms with van der Waals surface area (Å²) in [5.74, 6) is -1.04. The van der Waals surface area contributed by atoms with Crippen molar-refractivity contribution in [1.29, 1.82) is 0 Å². The van der Waals surface area contributed by atoms with Crippen LogP contribution in [-0.2, 0) is 20.9 Å². The molecule has 0 N–H and O–H groups in total. The Hall–Kier alpha value is -3.04. The summed E-state index contributed by atoms with van der Waals surface area (Å²) in [7, 11) is 1.45. The second-order valence-electron chi connectivity index (χ2n) is 6.47. The van der Waals surface area contributed by atoms with Gasteiger partial charge in [0.05, 0.1) is 25.2 Å². The Morgan fingerprint density at radius 1 is 1.22 bits per heavy atom. The van der Waals surface area contributed by atoms with Gasteiger partial charge in [-0.2, -0.15) is 0 Å². The van der Waals surface area contributed by atoms with E-state index in [9.17, 15) is 18.8 Å². The number of rotatable bonds is 8. The molecule has 168 valence electrons. The minimum absolute atomic E-state index is 0.0665. The number of benzene rings is 2. The zero-order valence-electron chi connectivity index (χ0n) is 17.2. The van der Waals surface area contributed by atoms with Crippen LogP contribution < -0.4 is 9.47 Å². The molecule has 0 saturated carbocycles. The first kappa shape index (κ1) is 23.6. The lowest BCUT2D eigenvalue weighted by molar-refractivity contribution is -0.145. The summed E-state index contributed by atoms with van der Waals surface area (Å²) in [6.45, 7) is 1.33. The van der Waals surface area contributed by atoms with Gasteiger partial charge in [0.25, 0.3) is 11.1 Å². The normalized spacial score (nSPS) is 14.8. The van der Waals surface area contributed by atoms with Crippen molar-refractivity contribution in [3.8, 4) is 11.5 Å². The quantitative estimate of drug-likeness (QED) is 0.402. The average molecular weight is 480 g/mol. The Labute approximate surface area is 193 Å². The SMILES string of the molecule is CCOC(=O)COc1cc(/C=C2\SC(=O)N(Cc3c(F)cccc3Cl)C2=O)ccc1OC. The number of amides is 2. The van der Waals surface area contributed by atoms with Crippen LogP contribution in [0.1, 0.15) is 18.1 Å². The van der Waals surface area contributed by atoms with Gasteiger partial charge in [-0.1, -0.05) is 23.7 Å². The van der Waals surface area contributed by atoms with Gasteiger partial charge in [0.1, 0.15) is 5.82 Å². The first-order valence-electron chi connectivity index (χ1n) is 9.48. The van der Waals surface area contributed by atoms with Crippen molar-refractivity contribution < 1.29 is 33.0 Å². The molecule has 0 spiro atoms. The lowest BCUT2D eigenvalue weighted by atomic mass is 10.1. The van der Waals surface area contributed by atoms with Crippen LogP contribution >= 0.6 is 23.4 Å². The number of nitrogens with zero attached hydrogens (tertiary/aromatic N) is 1. The summed E-state index contributed by atoms with van der Waals surface area (Å²) in [5.41, 5.74) is 0.607. The van der Waals surface area contributed by atoms with Crippen LogP contribution in [0.15, 0.2) is 41.3 Å². The van der Waals surface area contributed by atoms with E-state index in [1.807, 2.05) is 0 Å². The van der Waals surface area contributed by atoms with Crippen molar-refractivity contribution in [3.63, 3.8) is 0 Å². The summed E-state index contributed by atoms with van der Waals surface area (Å²) in [6.07, 6.45) is 1.50. The van der Waals surface area contributed by atoms with Gasteiger partial charge in [0.15, 0.2) is 18.1 Å². The molecule has 3 rings (SSSR count). The van der Waals surface area contributed by atoms with Crippen molar-refractivity contribution in [2.75, 3.05) is 20.3 Å². The average Bonchev–Trinajstić information content (AvgIpc) is 3.02. The highest BCUT2D eigenvalue weighted by Gasteiger charge is 2.36. The number of carbonyl (C=O) groups is 3. The molecule has 0 aliphatic carbocycles. The van der Waals surface area contributed by atoms with E-state index in [2.05, 4.69) is 0 Å². The molecule has 10 heteroatoms. The van der Waals surface area contributed by atoms with Gasteiger partial charge < -0.3 is 14.2 Å². The summed E-state index contributed by atoms with van der Waals surface area (Å²) in [5, 5.41) is -0.403. The van der Waals surface area contributed by atoms with E-state index >= 15 is 0 Å². The van der Waals surface area contributed by atoms with Crippen LogP contribution in [0.5, 0.6) is 11.5 Å². The maximum absolute atomic E-state index is 14.1. The largest absolute Gasteiger partial charge is 0.493 e. The summed E-state index contributed by atoms with van der Waals surface area (Å²) >= 11 is 6.75. The van der Waals surface area contributed by atoms with Crippen molar-refractivity contribution in [2.45, 2.75) is 13.5 Å². The number of hydrogen-bond acceptors (Lipinski definition) is 7. The Morgan fingerprint density at radius 3 is 2.69 bits per heavy atom. The molecule has 1 aliphatic rings. The zero-order valence-corrected chi connectivity index (χ0v) is 18.8. The van der Waals surface area contributed by atoms with E-state index < -0.39 is 22.9 Å². The Kier molecular flexibility index (Phi) is 7.76. The van der Waals surface area contributed by atoms with E-state index in [1.165, 1.54) is 31.4 Å².